The highest BCUT2D eigenvalue weighted by molar-refractivity contribution is 6.44. The van der Waals surface area contributed by atoms with Gasteiger partial charge in [0, 0.05) is 12.2 Å². The summed E-state index contributed by atoms with van der Waals surface area (Å²) in [6.45, 7) is 10.7. The van der Waals surface area contributed by atoms with Crippen LogP contribution in [0.3, 0.4) is 0 Å². The molecule has 0 aliphatic heterocycles. The van der Waals surface area contributed by atoms with Gasteiger partial charge in [0.1, 0.15) is 0 Å². The van der Waals surface area contributed by atoms with E-state index in [0.717, 1.165) is 0 Å². The van der Waals surface area contributed by atoms with Crippen molar-refractivity contribution in [1.82, 2.24) is 0 Å². The van der Waals surface area contributed by atoms with Crippen molar-refractivity contribution < 1.29 is 7.58 Å². The van der Waals surface area contributed by atoms with Crippen molar-refractivity contribution in [2.75, 3.05) is 0 Å². The predicted molar refractivity (Wildman–Crippen MR) is 85.6 cm³/mol. The highest BCUT2D eigenvalue weighted by Gasteiger charge is 2.26. The Morgan fingerprint density at radius 3 is 1.53 bits per heavy atom. The van der Waals surface area contributed by atoms with Gasteiger partial charge in [-0.1, -0.05) is 58.3 Å². The maximum atomic E-state index is 5.94. The summed E-state index contributed by atoms with van der Waals surface area (Å²) in [7, 11) is 0. The van der Waals surface area contributed by atoms with Crippen LogP contribution >= 0.6 is 0 Å². The lowest BCUT2D eigenvalue weighted by molar-refractivity contribution is 0.129. The second-order valence-corrected chi connectivity index (χ2v) is 8.04. The SMILES string of the molecule is CCCCCCCCC[CH2][Al]([O]C(C)C)[O]C(C)C. The van der Waals surface area contributed by atoms with Gasteiger partial charge < -0.3 is 7.58 Å². The summed E-state index contributed by atoms with van der Waals surface area (Å²) in [5.41, 5.74) is 0. The van der Waals surface area contributed by atoms with E-state index < -0.39 is 14.8 Å². The minimum absolute atomic E-state index is 0.310. The molecule has 0 heterocycles. The van der Waals surface area contributed by atoms with Crippen molar-refractivity contribution in [1.29, 1.82) is 0 Å². The molecule has 0 aliphatic carbocycles. The summed E-state index contributed by atoms with van der Waals surface area (Å²) in [6.07, 6.45) is 11.6. The van der Waals surface area contributed by atoms with Gasteiger partial charge in [-0.05, 0) is 33.0 Å². The van der Waals surface area contributed by atoms with Gasteiger partial charge in [0.25, 0.3) is 0 Å². The summed E-state index contributed by atoms with van der Waals surface area (Å²) in [5.74, 6) is 0. The summed E-state index contributed by atoms with van der Waals surface area (Å²) in [6, 6.07) is 0. The molecular formula is C16H35AlO2. The first-order valence-electron chi connectivity index (χ1n) is 8.37. The van der Waals surface area contributed by atoms with Gasteiger partial charge in [0.15, 0.2) is 0 Å². The molecule has 0 N–H and O–H groups in total. The van der Waals surface area contributed by atoms with Gasteiger partial charge in [-0.3, -0.25) is 0 Å². The molecule has 0 fully saturated rings. The Morgan fingerprint density at radius 2 is 1.11 bits per heavy atom. The molecule has 0 atom stereocenters. The molecule has 0 aromatic rings. The topological polar surface area (TPSA) is 18.5 Å². The smallest absolute Gasteiger partial charge is 0.476 e. The average molecular weight is 286 g/mol. The lowest BCUT2D eigenvalue weighted by atomic mass is 10.1. The molecular weight excluding hydrogens is 251 g/mol. The first-order chi connectivity index (χ1) is 9.06. The van der Waals surface area contributed by atoms with E-state index in [0.29, 0.717) is 12.2 Å². The fraction of sp³-hybridized carbons (Fsp3) is 1.00. The van der Waals surface area contributed by atoms with Crippen molar-refractivity contribution in [3.05, 3.63) is 0 Å². The maximum Gasteiger partial charge on any atom is 0.674 e. The van der Waals surface area contributed by atoms with Crippen LogP contribution in [0.1, 0.15) is 86.0 Å². The van der Waals surface area contributed by atoms with Crippen LogP contribution < -0.4 is 0 Å². The van der Waals surface area contributed by atoms with E-state index in [1.807, 2.05) is 0 Å². The molecule has 114 valence electrons. The number of hydrogen-bond acceptors (Lipinski definition) is 2. The second-order valence-electron chi connectivity index (χ2n) is 6.06. The largest absolute Gasteiger partial charge is 0.674 e. The van der Waals surface area contributed by atoms with E-state index in [2.05, 4.69) is 34.6 Å². The Morgan fingerprint density at radius 1 is 0.684 bits per heavy atom. The zero-order valence-corrected chi connectivity index (χ0v) is 15.1. The Balaban J connectivity index is 3.52. The van der Waals surface area contributed by atoms with Crippen LogP contribution in [0.5, 0.6) is 0 Å². The molecule has 2 nitrogen and oxygen atoms in total. The fourth-order valence-corrected chi connectivity index (χ4v) is 4.39. The standard InChI is InChI=1S/C10H21.2C3H7O.Al/c1-3-5-7-9-10-8-6-4-2;2*1-3(2)4;/h1,3-10H2,2H3;2*3H,1-2H3;/q;2*-1;+2. The van der Waals surface area contributed by atoms with Gasteiger partial charge in [0.05, 0.1) is 0 Å². The van der Waals surface area contributed by atoms with Crippen molar-refractivity contribution >= 4 is 14.8 Å². The summed E-state index contributed by atoms with van der Waals surface area (Å²) in [5, 5.41) is 1.17. The number of unbranched alkanes of at least 4 members (excludes halogenated alkanes) is 7. The highest BCUT2D eigenvalue weighted by Crippen LogP contribution is 2.13. The van der Waals surface area contributed by atoms with Gasteiger partial charge in [-0.15, -0.1) is 0 Å². The summed E-state index contributed by atoms with van der Waals surface area (Å²) >= 11 is -1.42. The zero-order chi connectivity index (χ0) is 14.5. The third-order valence-corrected chi connectivity index (χ3v) is 5.72. The van der Waals surface area contributed by atoms with Crippen LogP contribution in [0, 0.1) is 0 Å². The molecule has 3 heteroatoms. The molecule has 0 aromatic heterocycles. The minimum Gasteiger partial charge on any atom is -0.476 e. The van der Waals surface area contributed by atoms with Crippen LogP contribution in [0.2, 0.25) is 5.28 Å². The normalized spacial score (nSPS) is 11.5. The van der Waals surface area contributed by atoms with Crippen molar-refractivity contribution in [2.24, 2.45) is 0 Å². The van der Waals surface area contributed by atoms with Gasteiger partial charge in [-0.2, -0.15) is 0 Å². The lowest BCUT2D eigenvalue weighted by Gasteiger charge is -2.18. The van der Waals surface area contributed by atoms with Crippen LogP contribution in [-0.2, 0) is 7.58 Å². The van der Waals surface area contributed by atoms with E-state index in [1.54, 1.807) is 0 Å². The molecule has 0 radical (unpaired) electrons. The maximum absolute atomic E-state index is 5.94. The molecule has 0 unspecified atom stereocenters. The third-order valence-electron chi connectivity index (χ3n) is 3.14. The monoisotopic (exact) mass is 286 g/mol. The molecule has 0 bridgehead atoms. The summed E-state index contributed by atoms with van der Waals surface area (Å²) < 4.78 is 11.9. The van der Waals surface area contributed by atoms with E-state index in [4.69, 9.17) is 7.58 Å². The van der Waals surface area contributed by atoms with Crippen molar-refractivity contribution in [2.45, 2.75) is 103 Å². The molecule has 0 rings (SSSR count). The first kappa shape index (κ1) is 19.5. The van der Waals surface area contributed by atoms with Gasteiger partial charge >= 0.3 is 14.8 Å². The molecule has 0 aromatic carbocycles. The quantitative estimate of drug-likeness (QED) is 0.330. The Hall–Kier alpha value is 0.452. The first-order valence-corrected chi connectivity index (χ1v) is 10.1. The van der Waals surface area contributed by atoms with E-state index in [1.165, 1.54) is 56.6 Å². The molecule has 0 spiro atoms. The molecule has 0 saturated carbocycles. The molecule has 0 saturated heterocycles. The van der Waals surface area contributed by atoms with Crippen LogP contribution in [0.15, 0.2) is 0 Å². The van der Waals surface area contributed by atoms with Gasteiger partial charge in [-0.25, -0.2) is 0 Å². The molecule has 0 aliphatic rings. The van der Waals surface area contributed by atoms with E-state index in [-0.39, 0.29) is 0 Å². The Kier molecular flexibility index (Phi) is 13.8. The fourth-order valence-electron chi connectivity index (χ4n) is 2.22. The lowest BCUT2D eigenvalue weighted by Crippen LogP contribution is -2.29. The number of rotatable bonds is 13. The van der Waals surface area contributed by atoms with Crippen LogP contribution in [0.4, 0.5) is 0 Å². The molecule has 19 heavy (non-hydrogen) atoms. The van der Waals surface area contributed by atoms with Crippen molar-refractivity contribution in [3.63, 3.8) is 0 Å². The van der Waals surface area contributed by atoms with Crippen molar-refractivity contribution in [3.8, 4) is 0 Å². The third kappa shape index (κ3) is 14.7. The number of hydrogen-bond donors (Lipinski definition) is 0. The van der Waals surface area contributed by atoms with Gasteiger partial charge in [0.2, 0.25) is 0 Å². The Bertz CT molecular complexity index is 174. The Labute approximate surface area is 126 Å². The predicted octanol–water partition coefficient (Wildman–Crippen LogP) is 5.47. The highest BCUT2D eigenvalue weighted by atomic mass is 27.2. The van der Waals surface area contributed by atoms with Crippen LogP contribution in [-0.4, -0.2) is 27.0 Å². The zero-order valence-electron chi connectivity index (χ0n) is 13.9. The average Bonchev–Trinajstić information content (AvgIpc) is 2.30. The second kappa shape index (κ2) is 13.4. The van der Waals surface area contributed by atoms with E-state index >= 15 is 0 Å². The van der Waals surface area contributed by atoms with E-state index in [9.17, 15) is 0 Å². The molecule has 0 amide bonds. The van der Waals surface area contributed by atoms with Crippen LogP contribution in [0.25, 0.3) is 0 Å². The minimum atomic E-state index is -1.42. The summed E-state index contributed by atoms with van der Waals surface area (Å²) in [4.78, 5) is 0.